The summed E-state index contributed by atoms with van der Waals surface area (Å²) in [5.41, 5.74) is 5.66. The standard InChI is InChI=1S/C13H27N3O/c1-5-15-8-9-16(10-11(15)2)12(17)6-7-13(3,4)14/h11H,5-10,14H2,1-4H3. The molecule has 1 unspecified atom stereocenters. The number of amides is 1. The minimum atomic E-state index is -0.244. The van der Waals surface area contributed by atoms with Gasteiger partial charge < -0.3 is 10.6 Å². The Balaban J connectivity index is 2.39. The van der Waals surface area contributed by atoms with Gasteiger partial charge in [-0.25, -0.2) is 0 Å². The van der Waals surface area contributed by atoms with Gasteiger partial charge in [0.2, 0.25) is 5.91 Å². The van der Waals surface area contributed by atoms with Crippen LogP contribution in [0, 0.1) is 0 Å². The van der Waals surface area contributed by atoms with E-state index in [1.165, 1.54) is 0 Å². The Morgan fingerprint density at radius 3 is 2.53 bits per heavy atom. The Kier molecular flexibility index (Phi) is 4.95. The quantitative estimate of drug-likeness (QED) is 0.800. The third-order valence-electron chi connectivity index (χ3n) is 3.51. The van der Waals surface area contributed by atoms with Gasteiger partial charge in [0.1, 0.15) is 0 Å². The molecule has 1 saturated heterocycles. The van der Waals surface area contributed by atoms with Crippen LogP contribution in [0.5, 0.6) is 0 Å². The zero-order valence-corrected chi connectivity index (χ0v) is 11.7. The van der Waals surface area contributed by atoms with E-state index in [2.05, 4.69) is 18.7 Å². The molecule has 1 aliphatic heterocycles. The highest BCUT2D eigenvalue weighted by Crippen LogP contribution is 2.13. The molecular formula is C13H27N3O. The Morgan fingerprint density at radius 1 is 1.41 bits per heavy atom. The van der Waals surface area contributed by atoms with Crippen molar-refractivity contribution in [1.82, 2.24) is 9.80 Å². The topological polar surface area (TPSA) is 49.6 Å². The molecule has 100 valence electrons. The van der Waals surface area contributed by atoms with E-state index in [4.69, 9.17) is 5.73 Å². The van der Waals surface area contributed by atoms with Crippen LogP contribution in [0.2, 0.25) is 0 Å². The lowest BCUT2D eigenvalue weighted by Crippen LogP contribution is -2.53. The van der Waals surface area contributed by atoms with Crippen molar-refractivity contribution < 1.29 is 4.79 Å². The maximum Gasteiger partial charge on any atom is 0.222 e. The molecule has 1 atom stereocenters. The van der Waals surface area contributed by atoms with Crippen molar-refractivity contribution in [2.24, 2.45) is 5.73 Å². The fourth-order valence-electron chi connectivity index (χ4n) is 2.28. The van der Waals surface area contributed by atoms with E-state index in [0.717, 1.165) is 32.6 Å². The van der Waals surface area contributed by atoms with Crippen molar-refractivity contribution >= 4 is 5.91 Å². The second-order valence-corrected chi connectivity index (χ2v) is 5.81. The molecule has 0 aromatic heterocycles. The summed E-state index contributed by atoms with van der Waals surface area (Å²) in [5, 5.41) is 0. The van der Waals surface area contributed by atoms with Crippen LogP contribution >= 0.6 is 0 Å². The molecule has 1 aliphatic rings. The zero-order chi connectivity index (χ0) is 13.1. The number of rotatable bonds is 4. The molecule has 0 spiro atoms. The predicted molar refractivity (Wildman–Crippen MR) is 70.8 cm³/mol. The maximum atomic E-state index is 12.0. The summed E-state index contributed by atoms with van der Waals surface area (Å²) in [7, 11) is 0. The predicted octanol–water partition coefficient (Wildman–Crippen LogP) is 1.06. The van der Waals surface area contributed by atoms with Gasteiger partial charge in [0.05, 0.1) is 0 Å². The van der Waals surface area contributed by atoms with E-state index in [9.17, 15) is 4.79 Å². The Bertz CT molecular complexity index is 260. The molecule has 0 aliphatic carbocycles. The molecule has 0 radical (unpaired) electrons. The van der Waals surface area contributed by atoms with Gasteiger partial charge in [0.25, 0.3) is 0 Å². The van der Waals surface area contributed by atoms with Crippen LogP contribution in [0.4, 0.5) is 0 Å². The van der Waals surface area contributed by atoms with E-state index in [-0.39, 0.29) is 11.4 Å². The first kappa shape index (κ1) is 14.5. The second-order valence-electron chi connectivity index (χ2n) is 5.81. The van der Waals surface area contributed by atoms with E-state index in [1.807, 2.05) is 18.7 Å². The third kappa shape index (κ3) is 4.64. The summed E-state index contributed by atoms with van der Waals surface area (Å²) in [6, 6.07) is 0.476. The van der Waals surface area contributed by atoms with Crippen LogP contribution in [0.3, 0.4) is 0 Å². The largest absolute Gasteiger partial charge is 0.340 e. The summed E-state index contributed by atoms with van der Waals surface area (Å²) in [6.45, 7) is 12.1. The fourth-order valence-corrected chi connectivity index (χ4v) is 2.28. The number of likely N-dealkylation sites (N-methyl/N-ethyl adjacent to an activating group) is 1. The lowest BCUT2D eigenvalue weighted by molar-refractivity contribution is -0.134. The number of nitrogens with zero attached hydrogens (tertiary/aromatic N) is 2. The van der Waals surface area contributed by atoms with Gasteiger partial charge in [0, 0.05) is 37.6 Å². The van der Waals surface area contributed by atoms with Crippen molar-refractivity contribution in [2.45, 2.75) is 52.1 Å². The van der Waals surface area contributed by atoms with Crippen molar-refractivity contribution in [3.05, 3.63) is 0 Å². The van der Waals surface area contributed by atoms with Gasteiger partial charge in [-0.1, -0.05) is 6.92 Å². The van der Waals surface area contributed by atoms with Gasteiger partial charge in [-0.05, 0) is 33.7 Å². The first-order valence-corrected chi connectivity index (χ1v) is 6.64. The molecule has 17 heavy (non-hydrogen) atoms. The summed E-state index contributed by atoms with van der Waals surface area (Å²) < 4.78 is 0. The molecule has 1 fully saturated rings. The first-order valence-electron chi connectivity index (χ1n) is 6.64. The molecule has 4 nitrogen and oxygen atoms in total. The summed E-state index contributed by atoms with van der Waals surface area (Å²) >= 11 is 0. The van der Waals surface area contributed by atoms with Crippen LogP contribution in [0.25, 0.3) is 0 Å². The van der Waals surface area contributed by atoms with Crippen molar-refractivity contribution in [3.8, 4) is 0 Å². The summed E-state index contributed by atoms with van der Waals surface area (Å²) in [5.74, 6) is 0.256. The SMILES string of the molecule is CCN1CCN(C(=O)CCC(C)(C)N)CC1C. The molecule has 0 saturated carbocycles. The Labute approximate surface area is 105 Å². The highest BCUT2D eigenvalue weighted by molar-refractivity contribution is 5.76. The highest BCUT2D eigenvalue weighted by atomic mass is 16.2. The third-order valence-corrected chi connectivity index (χ3v) is 3.51. The van der Waals surface area contributed by atoms with E-state index < -0.39 is 0 Å². The maximum absolute atomic E-state index is 12.0. The average Bonchev–Trinajstić information content (AvgIpc) is 2.24. The number of piperazine rings is 1. The molecule has 1 rings (SSSR count). The van der Waals surface area contributed by atoms with Crippen LogP contribution in [-0.4, -0.2) is 53.5 Å². The number of hydrogen-bond acceptors (Lipinski definition) is 3. The second kappa shape index (κ2) is 5.83. The van der Waals surface area contributed by atoms with Crippen LogP contribution in [0.1, 0.15) is 40.5 Å². The number of carbonyl (C=O) groups is 1. The molecule has 4 heteroatoms. The molecular weight excluding hydrogens is 214 g/mol. The van der Waals surface area contributed by atoms with E-state index in [1.54, 1.807) is 0 Å². The van der Waals surface area contributed by atoms with E-state index >= 15 is 0 Å². The van der Waals surface area contributed by atoms with Crippen molar-refractivity contribution in [3.63, 3.8) is 0 Å². The van der Waals surface area contributed by atoms with Gasteiger partial charge in [0.15, 0.2) is 0 Å². The normalized spacial score (nSPS) is 22.9. The molecule has 2 N–H and O–H groups in total. The first-order chi connectivity index (χ1) is 7.83. The summed E-state index contributed by atoms with van der Waals surface area (Å²) in [6.07, 6.45) is 1.33. The molecule has 1 heterocycles. The van der Waals surface area contributed by atoms with Crippen LogP contribution in [-0.2, 0) is 4.79 Å². The van der Waals surface area contributed by atoms with Gasteiger partial charge >= 0.3 is 0 Å². The lowest BCUT2D eigenvalue weighted by Gasteiger charge is -2.39. The number of nitrogens with two attached hydrogens (primary N) is 1. The Hall–Kier alpha value is -0.610. The molecule has 1 amide bonds. The molecule has 0 aromatic rings. The highest BCUT2D eigenvalue weighted by Gasteiger charge is 2.26. The monoisotopic (exact) mass is 241 g/mol. The average molecular weight is 241 g/mol. The summed E-state index contributed by atoms with van der Waals surface area (Å²) in [4.78, 5) is 16.4. The number of carbonyl (C=O) groups excluding carboxylic acids is 1. The molecule has 0 bridgehead atoms. The minimum Gasteiger partial charge on any atom is -0.340 e. The van der Waals surface area contributed by atoms with Gasteiger partial charge in [-0.2, -0.15) is 0 Å². The van der Waals surface area contributed by atoms with Gasteiger partial charge in [-0.15, -0.1) is 0 Å². The smallest absolute Gasteiger partial charge is 0.222 e. The minimum absolute atomic E-state index is 0.244. The van der Waals surface area contributed by atoms with Crippen LogP contribution < -0.4 is 5.73 Å². The van der Waals surface area contributed by atoms with Crippen LogP contribution in [0.15, 0.2) is 0 Å². The van der Waals surface area contributed by atoms with Crippen molar-refractivity contribution in [2.75, 3.05) is 26.2 Å². The van der Waals surface area contributed by atoms with Crippen molar-refractivity contribution in [1.29, 1.82) is 0 Å². The number of hydrogen-bond donors (Lipinski definition) is 1. The fraction of sp³-hybridized carbons (Fsp3) is 0.923. The zero-order valence-electron chi connectivity index (χ0n) is 11.7. The lowest BCUT2D eigenvalue weighted by atomic mass is 9.99. The Morgan fingerprint density at radius 2 is 2.06 bits per heavy atom. The van der Waals surface area contributed by atoms with Gasteiger partial charge in [-0.3, -0.25) is 9.69 Å². The molecule has 0 aromatic carbocycles. The van der Waals surface area contributed by atoms with E-state index in [0.29, 0.717) is 12.5 Å².